The van der Waals surface area contributed by atoms with Crippen LogP contribution in [-0.4, -0.2) is 35.1 Å². The molecule has 0 spiro atoms. The molecule has 1 aliphatic heterocycles. The molecule has 0 radical (unpaired) electrons. The largest absolute Gasteiger partial charge is 0.344 e. The Labute approximate surface area is 138 Å². The molecule has 0 atom stereocenters. The lowest BCUT2D eigenvalue weighted by Crippen LogP contribution is -2.29. The van der Waals surface area contributed by atoms with E-state index in [1.54, 1.807) is 38.1 Å². The van der Waals surface area contributed by atoms with E-state index in [0.717, 1.165) is 9.87 Å². The predicted octanol–water partition coefficient (Wildman–Crippen LogP) is 2.77. The molecule has 3 rings (SSSR count). The van der Waals surface area contributed by atoms with Gasteiger partial charge in [-0.15, -0.1) is 4.40 Å². The number of allylic oxidation sites excluding steroid dienone is 1. The molecule has 1 aliphatic rings. The third kappa shape index (κ3) is 2.99. The smallest absolute Gasteiger partial charge is 0.333 e. The summed E-state index contributed by atoms with van der Waals surface area (Å²) in [6, 6.07) is 7.00. The number of hydrogen-bond donors (Lipinski definition) is 0. The van der Waals surface area contributed by atoms with E-state index < -0.39 is 10.2 Å². The van der Waals surface area contributed by atoms with Gasteiger partial charge in [0.1, 0.15) is 0 Å². The van der Waals surface area contributed by atoms with E-state index in [1.807, 2.05) is 0 Å². The van der Waals surface area contributed by atoms with Crippen LogP contribution in [0.2, 0.25) is 5.02 Å². The summed E-state index contributed by atoms with van der Waals surface area (Å²) in [4.78, 5) is 4.31. The second-order valence-electron chi connectivity index (χ2n) is 4.83. The Kier molecular flexibility index (Phi) is 3.95. The SMILES string of the molecule is CCN1C=C(c2nc(-c3ccc(Cl)cc3)no2)C(C)=NS1(=O)=O. The highest BCUT2D eigenvalue weighted by molar-refractivity contribution is 7.88. The molecule has 7 nitrogen and oxygen atoms in total. The molecular weight excluding hydrogens is 340 g/mol. The summed E-state index contributed by atoms with van der Waals surface area (Å²) in [6.45, 7) is 3.57. The zero-order valence-corrected chi connectivity index (χ0v) is 14.0. The lowest BCUT2D eigenvalue weighted by Gasteiger charge is -2.20. The third-order valence-electron chi connectivity index (χ3n) is 3.28. The standard InChI is InChI=1S/C14H13ClN4O3S/c1-3-19-8-12(9(2)18-23(19,20)21)14-16-13(17-22-14)10-4-6-11(15)7-5-10/h4-8H,3H2,1-2H3. The first-order valence-corrected chi connectivity index (χ1v) is 8.59. The number of nitrogens with zero attached hydrogens (tertiary/aromatic N) is 4. The van der Waals surface area contributed by atoms with Crippen molar-refractivity contribution in [3.05, 3.63) is 41.4 Å². The normalized spacial score (nSPS) is 16.9. The van der Waals surface area contributed by atoms with E-state index in [4.69, 9.17) is 16.1 Å². The van der Waals surface area contributed by atoms with Crippen LogP contribution < -0.4 is 0 Å². The average molecular weight is 353 g/mol. The predicted molar refractivity (Wildman–Crippen MR) is 87.1 cm³/mol. The first-order chi connectivity index (χ1) is 10.9. The molecule has 2 heterocycles. The van der Waals surface area contributed by atoms with Crippen LogP contribution in [0.15, 0.2) is 39.4 Å². The van der Waals surface area contributed by atoms with Crippen LogP contribution in [0, 0.1) is 0 Å². The highest BCUT2D eigenvalue weighted by atomic mass is 35.5. The highest BCUT2D eigenvalue weighted by Gasteiger charge is 2.27. The molecule has 0 fully saturated rings. The van der Waals surface area contributed by atoms with Crippen molar-refractivity contribution in [1.82, 2.24) is 14.4 Å². The molecule has 1 aromatic carbocycles. The summed E-state index contributed by atoms with van der Waals surface area (Å²) in [6.07, 6.45) is 1.46. The molecule has 0 N–H and O–H groups in total. The van der Waals surface area contributed by atoms with Crippen LogP contribution in [-0.2, 0) is 10.2 Å². The minimum atomic E-state index is -3.67. The molecule has 120 valence electrons. The van der Waals surface area contributed by atoms with Crippen LogP contribution in [0.4, 0.5) is 0 Å². The first kappa shape index (κ1) is 15.7. The van der Waals surface area contributed by atoms with Crippen molar-refractivity contribution in [3.8, 4) is 11.4 Å². The topological polar surface area (TPSA) is 88.7 Å². The van der Waals surface area contributed by atoms with Crippen LogP contribution in [0.1, 0.15) is 19.7 Å². The maximum Gasteiger partial charge on any atom is 0.344 e. The average Bonchev–Trinajstić information content (AvgIpc) is 2.97. The first-order valence-electron chi connectivity index (χ1n) is 6.81. The van der Waals surface area contributed by atoms with E-state index >= 15 is 0 Å². The van der Waals surface area contributed by atoms with Gasteiger partial charge in [-0.3, -0.25) is 4.31 Å². The van der Waals surface area contributed by atoms with Crippen LogP contribution in [0.25, 0.3) is 17.0 Å². The van der Waals surface area contributed by atoms with Crippen molar-refractivity contribution in [1.29, 1.82) is 0 Å². The molecule has 2 aromatic rings. The molecule has 23 heavy (non-hydrogen) atoms. The summed E-state index contributed by atoms with van der Waals surface area (Å²) in [5, 5.41) is 4.53. The Morgan fingerprint density at radius 3 is 2.61 bits per heavy atom. The van der Waals surface area contributed by atoms with Gasteiger partial charge in [-0.2, -0.15) is 13.4 Å². The van der Waals surface area contributed by atoms with Gasteiger partial charge >= 0.3 is 10.2 Å². The van der Waals surface area contributed by atoms with Gasteiger partial charge in [-0.1, -0.05) is 16.8 Å². The molecule has 0 unspecified atom stereocenters. The fourth-order valence-corrected chi connectivity index (χ4v) is 3.33. The molecule has 0 saturated carbocycles. The van der Waals surface area contributed by atoms with Gasteiger partial charge in [0, 0.05) is 23.3 Å². The number of halogens is 1. The molecular formula is C14H13ClN4O3S. The molecule has 0 amide bonds. The third-order valence-corrected chi connectivity index (χ3v) is 4.99. The van der Waals surface area contributed by atoms with Crippen molar-refractivity contribution >= 4 is 33.1 Å². The van der Waals surface area contributed by atoms with Gasteiger partial charge in [0.2, 0.25) is 5.82 Å². The Balaban J connectivity index is 1.98. The van der Waals surface area contributed by atoms with Gasteiger partial charge in [-0.25, -0.2) is 0 Å². The van der Waals surface area contributed by atoms with E-state index in [9.17, 15) is 8.42 Å². The van der Waals surface area contributed by atoms with E-state index in [1.165, 1.54) is 6.20 Å². The fourth-order valence-electron chi connectivity index (χ4n) is 2.09. The van der Waals surface area contributed by atoms with Gasteiger partial charge in [-0.05, 0) is 38.1 Å². The van der Waals surface area contributed by atoms with Crippen molar-refractivity contribution < 1.29 is 12.9 Å². The maximum atomic E-state index is 11.9. The van der Waals surface area contributed by atoms with Crippen LogP contribution in [0.3, 0.4) is 0 Å². The maximum absolute atomic E-state index is 11.9. The van der Waals surface area contributed by atoms with Gasteiger partial charge in [0.25, 0.3) is 5.89 Å². The molecule has 0 bridgehead atoms. The Bertz CT molecular complexity index is 900. The minimum Gasteiger partial charge on any atom is -0.333 e. The van der Waals surface area contributed by atoms with Crippen LogP contribution in [0.5, 0.6) is 0 Å². The molecule has 1 aromatic heterocycles. The van der Waals surface area contributed by atoms with Crippen molar-refractivity contribution in [2.75, 3.05) is 6.54 Å². The van der Waals surface area contributed by atoms with Crippen LogP contribution >= 0.6 is 11.6 Å². The summed E-state index contributed by atoms with van der Waals surface area (Å²) < 4.78 is 33.8. The lowest BCUT2D eigenvalue weighted by atomic mass is 10.2. The van der Waals surface area contributed by atoms with Gasteiger partial charge < -0.3 is 4.52 Å². The van der Waals surface area contributed by atoms with E-state index in [0.29, 0.717) is 22.1 Å². The highest BCUT2D eigenvalue weighted by Crippen LogP contribution is 2.25. The van der Waals surface area contributed by atoms with Gasteiger partial charge in [0.15, 0.2) is 0 Å². The second kappa shape index (κ2) is 5.78. The van der Waals surface area contributed by atoms with Crippen molar-refractivity contribution in [2.24, 2.45) is 4.40 Å². The number of aromatic nitrogens is 2. The van der Waals surface area contributed by atoms with Gasteiger partial charge in [0.05, 0.1) is 11.3 Å². The molecule has 9 heteroatoms. The zero-order valence-electron chi connectivity index (χ0n) is 12.4. The fraction of sp³-hybridized carbons (Fsp3) is 0.214. The number of rotatable bonds is 3. The molecule has 0 saturated heterocycles. The lowest BCUT2D eigenvalue weighted by molar-refractivity contribution is 0.408. The van der Waals surface area contributed by atoms with Crippen molar-refractivity contribution in [3.63, 3.8) is 0 Å². The summed E-state index contributed by atoms with van der Waals surface area (Å²) in [5.74, 6) is 0.603. The Hall–Kier alpha value is -2.19. The minimum absolute atomic E-state index is 0.213. The monoisotopic (exact) mass is 352 g/mol. The summed E-state index contributed by atoms with van der Waals surface area (Å²) in [7, 11) is -3.67. The Morgan fingerprint density at radius 1 is 1.26 bits per heavy atom. The van der Waals surface area contributed by atoms with E-state index in [2.05, 4.69) is 14.5 Å². The quantitative estimate of drug-likeness (QED) is 0.847. The number of hydrogen-bond acceptors (Lipinski definition) is 5. The zero-order chi connectivity index (χ0) is 16.6. The summed E-state index contributed by atoms with van der Waals surface area (Å²) in [5.41, 5.74) is 1.53. The summed E-state index contributed by atoms with van der Waals surface area (Å²) >= 11 is 5.85. The van der Waals surface area contributed by atoms with E-state index in [-0.39, 0.29) is 12.4 Å². The molecule has 0 aliphatic carbocycles. The number of benzene rings is 1. The van der Waals surface area contributed by atoms with Crippen molar-refractivity contribution in [2.45, 2.75) is 13.8 Å². The second-order valence-corrected chi connectivity index (χ2v) is 6.81. The Morgan fingerprint density at radius 2 is 1.96 bits per heavy atom.